The predicted molar refractivity (Wildman–Crippen MR) is 154 cm³/mol. The van der Waals surface area contributed by atoms with Crippen molar-refractivity contribution < 1.29 is 4.79 Å². The van der Waals surface area contributed by atoms with Gasteiger partial charge in [-0.1, -0.05) is 35.3 Å². The third kappa shape index (κ3) is 4.72. The Kier molecular flexibility index (Phi) is 6.69. The first-order valence-corrected chi connectivity index (χ1v) is 13.8. The van der Waals surface area contributed by atoms with Crippen molar-refractivity contribution >= 4 is 51.0 Å². The molecule has 1 fully saturated rings. The minimum Gasteiger partial charge on any atom is -0.349 e. The minimum absolute atomic E-state index is 0.0665. The molecule has 10 heteroatoms. The number of pyridine rings is 1. The minimum atomic E-state index is -0.142. The molecule has 0 spiro atoms. The van der Waals surface area contributed by atoms with E-state index in [9.17, 15) is 9.59 Å². The van der Waals surface area contributed by atoms with Gasteiger partial charge < -0.3 is 5.32 Å². The lowest BCUT2D eigenvalue weighted by Crippen LogP contribution is -2.39. The van der Waals surface area contributed by atoms with Gasteiger partial charge in [-0.25, -0.2) is 4.79 Å². The van der Waals surface area contributed by atoms with E-state index >= 15 is 0 Å². The number of para-hydroxylation sites is 2. The summed E-state index contributed by atoms with van der Waals surface area (Å²) in [6, 6.07) is 15.4. The van der Waals surface area contributed by atoms with Gasteiger partial charge in [0.1, 0.15) is 0 Å². The average Bonchev–Trinajstić information content (AvgIpc) is 3.37. The van der Waals surface area contributed by atoms with Crippen LogP contribution >= 0.6 is 23.2 Å². The Balaban J connectivity index is 1.22. The van der Waals surface area contributed by atoms with Crippen molar-refractivity contribution in [2.45, 2.75) is 45.2 Å². The maximum Gasteiger partial charge on any atom is 0.333 e. The van der Waals surface area contributed by atoms with E-state index in [2.05, 4.69) is 15.4 Å². The maximum atomic E-state index is 13.8. The SMILES string of the molecule is Cc1ncc(Cl)cc1C(=O)N[C@H]1CC[C@H](Cn2c(=O)n(-c3ccc4c(Cl)nn(C)c4c3)c3ccccc32)CC1. The molecule has 1 N–H and O–H groups in total. The monoisotopic (exact) mass is 562 g/mol. The number of nitrogens with one attached hydrogen (secondary N) is 1. The molecular weight excluding hydrogens is 535 g/mol. The van der Waals surface area contributed by atoms with Crippen molar-refractivity contribution in [3.63, 3.8) is 0 Å². The van der Waals surface area contributed by atoms with E-state index in [1.165, 1.54) is 0 Å². The smallest absolute Gasteiger partial charge is 0.333 e. The Morgan fingerprint density at radius 3 is 2.54 bits per heavy atom. The first-order chi connectivity index (χ1) is 18.8. The molecule has 0 bridgehead atoms. The van der Waals surface area contributed by atoms with Crippen LogP contribution in [0.15, 0.2) is 59.5 Å². The van der Waals surface area contributed by atoms with Crippen LogP contribution in [-0.4, -0.2) is 35.8 Å². The van der Waals surface area contributed by atoms with Crippen LogP contribution in [0.4, 0.5) is 0 Å². The molecule has 0 saturated heterocycles. The standard InChI is InChI=1S/C29H28Cl2N6O2/c1-17-23(13-19(30)15-32-17)28(38)33-20-9-7-18(8-10-20)16-36-24-5-3-4-6-25(24)37(29(36)39)21-11-12-22-26(14-21)35(2)34-27(22)31/h3-6,11-15,18,20H,7-10,16H2,1-2H3,(H,33,38)/t18-,20-. The zero-order valence-corrected chi connectivity index (χ0v) is 23.2. The molecule has 5 aromatic rings. The molecule has 3 aromatic heterocycles. The Bertz CT molecular complexity index is 1780. The molecule has 0 unspecified atom stereocenters. The molecule has 200 valence electrons. The molecule has 1 aliphatic rings. The van der Waals surface area contributed by atoms with Gasteiger partial charge in [0.25, 0.3) is 5.91 Å². The fraction of sp³-hybridized carbons (Fsp3) is 0.310. The number of fused-ring (bicyclic) bond motifs is 2. The molecule has 1 aliphatic carbocycles. The second-order valence-corrected chi connectivity index (χ2v) is 11.1. The van der Waals surface area contributed by atoms with Crippen molar-refractivity contribution in [2.24, 2.45) is 13.0 Å². The first-order valence-electron chi connectivity index (χ1n) is 13.1. The van der Waals surface area contributed by atoms with Gasteiger partial charge in [0.2, 0.25) is 0 Å². The van der Waals surface area contributed by atoms with Gasteiger partial charge in [-0.3, -0.25) is 23.6 Å². The summed E-state index contributed by atoms with van der Waals surface area (Å²) < 4.78 is 5.38. The van der Waals surface area contributed by atoms with Crippen LogP contribution in [0.25, 0.3) is 27.6 Å². The summed E-state index contributed by atoms with van der Waals surface area (Å²) in [5, 5.41) is 9.19. The second-order valence-electron chi connectivity index (χ2n) is 10.3. The highest BCUT2D eigenvalue weighted by molar-refractivity contribution is 6.34. The second kappa shape index (κ2) is 10.2. The lowest BCUT2D eigenvalue weighted by molar-refractivity contribution is 0.0919. The number of halogens is 2. The van der Waals surface area contributed by atoms with E-state index in [-0.39, 0.29) is 17.6 Å². The van der Waals surface area contributed by atoms with Gasteiger partial charge in [0, 0.05) is 31.2 Å². The van der Waals surface area contributed by atoms with Crippen LogP contribution in [0, 0.1) is 12.8 Å². The molecule has 0 radical (unpaired) electrons. The summed E-state index contributed by atoms with van der Waals surface area (Å²) in [7, 11) is 1.84. The molecule has 39 heavy (non-hydrogen) atoms. The van der Waals surface area contributed by atoms with Crippen LogP contribution < -0.4 is 11.0 Å². The molecule has 1 saturated carbocycles. The fourth-order valence-electron chi connectivity index (χ4n) is 5.72. The van der Waals surface area contributed by atoms with E-state index in [1.807, 2.05) is 54.1 Å². The largest absolute Gasteiger partial charge is 0.349 e. The van der Waals surface area contributed by atoms with Crippen LogP contribution in [0.3, 0.4) is 0 Å². The topological polar surface area (TPSA) is 86.7 Å². The number of hydrogen-bond acceptors (Lipinski definition) is 4. The lowest BCUT2D eigenvalue weighted by Gasteiger charge is -2.29. The summed E-state index contributed by atoms with van der Waals surface area (Å²) in [6.07, 6.45) is 5.10. The van der Waals surface area contributed by atoms with E-state index in [0.29, 0.717) is 33.9 Å². The van der Waals surface area contributed by atoms with Crippen molar-refractivity contribution in [3.05, 3.63) is 86.6 Å². The number of carbonyl (C=O) groups is 1. The molecule has 2 aromatic carbocycles. The average molecular weight is 563 g/mol. The number of carbonyl (C=O) groups excluding carboxylic acids is 1. The van der Waals surface area contributed by atoms with E-state index in [0.717, 1.165) is 53.3 Å². The Labute approximate surface area is 235 Å². The fourth-order valence-corrected chi connectivity index (χ4v) is 6.15. The van der Waals surface area contributed by atoms with Crippen LogP contribution in [0.2, 0.25) is 10.2 Å². The number of rotatable bonds is 5. The van der Waals surface area contributed by atoms with Crippen molar-refractivity contribution in [3.8, 4) is 5.69 Å². The van der Waals surface area contributed by atoms with Gasteiger partial charge in [-0.15, -0.1) is 0 Å². The third-order valence-corrected chi connectivity index (χ3v) is 8.29. The molecule has 0 atom stereocenters. The van der Waals surface area contributed by atoms with Crippen LogP contribution in [0.5, 0.6) is 0 Å². The van der Waals surface area contributed by atoms with Gasteiger partial charge in [0.05, 0.1) is 38.5 Å². The van der Waals surface area contributed by atoms with Crippen molar-refractivity contribution in [1.82, 2.24) is 29.2 Å². The zero-order valence-electron chi connectivity index (χ0n) is 21.7. The Hall–Kier alpha value is -3.62. The molecule has 0 aliphatic heterocycles. The number of aromatic nitrogens is 5. The zero-order chi connectivity index (χ0) is 27.3. The Morgan fingerprint density at radius 2 is 1.77 bits per heavy atom. The van der Waals surface area contributed by atoms with Crippen molar-refractivity contribution in [1.29, 1.82) is 0 Å². The molecular formula is C29H28Cl2N6O2. The molecule has 8 nitrogen and oxygen atoms in total. The normalized spacial score (nSPS) is 17.6. The number of nitrogens with zero attached hydrogens (tertiary/aromatic N) is 5. The van der Waals surface area contributed by atoms with E-state index in [4.69, 9.17) is 23.2 Å². The van der Waals surface area contributed by atoms with Gasteiger partial charge >= 0.3 is 5.69 Å². The number of benzene rings is 2. The van der Waals surface area contributed by atoms with Gasteiger partial charge in [0.15, 0.2) is 5.15 Å². The summed E-state index contributed by atoms with van der Waals surface area (Å²) >= 11 is 12.3. The molecule has 6 rings (SSSR count). The molecule has 1 amide bonds. The summed E-state index contributed by atoms with van der Waals surface area (Å²) in [5.74, 6) is 0.194. The summed E-state index contributed by atoms with van der Waals surface area (Å²) in [5.41, 5.74) is 4.52. The quantitative estimate of drug-likeness (QED) is 0.298. The maximum absolute atomic E-state index is 13.8. The number of amides is 1. The number of hydrogen-bond donors (Lipinski definition) is 1. The van der Waals surface area contributed by atoms with E-state index in [1.54, 1.807) is 28.4 Å². The van der Waals surface area contributed by atoms with Crippen molar-refractivity contribution in [2.75, 3.05) is 0 Å². The number of imidazole rings is 1. The van der Waals surface area contributed by atoms with Crippen LogP contribution in [-0.2, 0) is 13.6 Å². The summed E-state index contributed by atoms with van der Waals surface area (Å²) in [6.45, 7) is 2.43. The highest BCUT2D eigenvalue weighted by Crippen LogP contribution is 2.29. The highest BCUT2D eigenvalue weighted by atomic mass is 35.5. The first kappa shape index (κ1) is 25.6. The van der Waals surface area contributed by atoms with Gasteiger partial charge in [-0.05, 0) is 74.9 Å². The lowest BCUT2D eigenvalue weighted by atomic mass is 9.85. The summed E-state index contributed by atoms with van der Waals surface area (Å²) in [4.78, 5) is 30.8. The third-order valence-electron chi connectivity index (χ3n) is 7.80. The Morgan fingerprint density at radius 1 is 1.03 bits per heavy atom. The predicted octanol–water partition coefficient (Wildman–Crippen LogP) is 5.68. The number of aryl methyl sites for hydroxylation is 2. The van der Waals surface area contributed by atoms with E-state index < -0.39 is 0 Å². The highest BCUT2D eigenvalue weighted by Gasteiger charge is 2.26. The van der Waals surface area contributed by atoms with Gasteiger partial charge in [-0.2, -0.15) is 5.10 Å². The molecule has 3 heterocycles. The van der Waals surface area contributed by atoms with Crippen LogP contribution in [0.1, 0.15) is 41.7 Å².